The number of carboxylic acid groups (broad SMARTS) is 1. The molecule has 0 radical (unpaired) electrons. The Morgan fingerprint density at radius 3 is 2.57 bits per heavy atom. The second-order valence-electron chi connectivity index (χ2n) is 6.39. The van der Waals surface area contributed by atoms with Crippen molar-refractivity contribution in [2.45, 2.75) is 13.5 Å². The Bertz CT molecular complexity index is 1180. The van der Waals surface area contributed by atoms with Gasteiger partial charge in [-0.3, -0.25) is 15.0 Å². The van der Waals surface area contributed by atoms with Gasteiger partial charge in [-0.25, -0.2) is 0 Å². The Balaban J connectivity index is 0.000000589. The lowest BCUT2D eigenvalue weighted by Gasteiger charge is -2.06. The van der Waals surface area contributed by atoms with Crippen molar-refractivity contribution in [2.75, 3.05) is 0 Å². The van der Waals surface area contributed by atoms with Crippen molar-refractivity contribution < 1.29 is 14.7 Å². The molecule has 0 atom stereocenters. The summed E-state index contributed by atoms with van der Waals surface area (Å²) >= 11 is 13.3. The van der Waals surface area contributed by atoms with Crippen molar-refractivity contribution in [3.05, 3.63) is 74.7 Å². The molecule has 1 amide bonds. The van der Waals surface area contributed by atoms with E-state index in [-0.39, 0.29) is 11.1 Å². The SMILES string of the molecule is CC(=O)O.N=C1NC(=O)C(=Cc2cn(Cc3ccc(Cl)c(Cl)c3)c3ccccc23)S1. The summed E-state index contributed by atoms with van der Waals surface area (Å²) in [7, 11) is 0. The summed E-state index contributed by atoms with van der Waals surface area (Å²) in [4.78, 5) is 21.4. The number of halogens is 2. The van der Waals surface area contributed by atoms with Gasteiger partial charge in [0.15, 0.2) is 5.17 Å². The molecule has 0 spiro atoms. The molecule has 0 unspecified atom stereocenters. The monoisotopic (exact) mass is 461 g/mol. The molecule has 1 aromatic heterocycles. The van der Waals surface area contributed by atoms with E-state index in [2.05, 4.69) is 9.88 Å². The number of aliphatic carboxylic acids is 1. The molecule has 6 nitrogen and oxygen atoms in total. The minimum Gasteiger partial charge on any atom is -0.481 e. The fourth-order valence-corrected chi connectivity index (χ4v) is 3.95. The zero-order valence-corrected chi connectivity index (χ0v) is 18.1. The summed E-state index contributed by atoms with van der Waals surface area (Å²) in [6, 6.07) is 13.6. The zero-order chi connectivity index (χ0) is 21.8. The van der Waals surface area contributed by atoms with E-state index in [1.807, 2.05) is 48.7 Å². The highest BCUT2D eigenvalue weighted by atomic mass is 35.5. The third kappa shape index (κ3) is 5.24. The van der Waals surface area contributed by atoms with Crippen LogP contribution in [0.5, 0.6) is 0 Å². The number of amides is 1. The number of aromatic nitrogens is 1. The molecule has 3 N–H and O–H groups in total. The average Bonchev–Trinajstić information content (AvgIpc) is 3.18. The lowest BCUT2D eigenvalue weighted by Crippen LogP contribution is -2.18. The number of hydrogen-bond acceptors (Lipinski definition) is 4. The van der Waals surface area contributed by atoms with Gasteiger partial charge in [0.1, 0.15) is 0 Å². The lowest BCUT2D eigenvalue weighted by molar-refractivity contribution is -0.134. The van der Waals surface area contributed by atoms with Gasteiger partial charge in [0.2, 0.25) is 0 Å². The molecule has 1 aliphatic rings. The van der Waals surface area contributed by atoms with Crippen LogP contribution in [-0.4, -0.2) is 26.7 Å². The van der Waals surface area contributed by atoms with Crippen LogP contribution < -0.4 is 5.32 Å². The Morgan fingerprint density at radius 2 is 1.93 bits per heavy atom. The second kappa shape index (κ2) is 9.38. The molecule has 154 valence electrons. The largest absolute Gasteiger partial charge is 0.481 e. The molecule has 1 fully saturated rings. The quantitative estimate of drug-likeness (QED) is 0.465. The number of fused-ring (bicyclic) bond motifs is 1. The van der Waals surface area contributed by atoms with E-state index in [1.165, 1.54) is 0 Å². The molecule has 30 heavy (non-hydrogen) atoms. The van der Waals surface area contributed by atoms with Gasteiger partial charge in [-0.2, -0.15) is 0 Å². The van der Waals surface area contributed by atoms with Crippen LogP contribution in [0, 0.1) is 5.41 Å². The molecule has 9 heteroatoms. The van der Waals surface area contributed by atoms with Gasteiger partial charge < -0.3 is 15.0 Å². The maximum absolute atomic E-state index is 11.9. The van der Waals surface area contributed by atoms with Gasteiger partial charge in [0.05, 0.1) is 15.0 Å². The Labute approximate surface area is 187 Å². The standard InChI is InChI=1S/C19H13Cl2N3OS.C2H4O2/c20-14-6-5-11(7-15(14)21)9-24-10-12(13-3-1-2-4-16(13)24)8-17-18(25)23-19(22)26-17;1-2(3)4/h1-8,10H,9H2,(H2,22,23,25);1H3,(H,3,4). The number of nitrogens with zero attached hydrogens (tertiary/aromatic N) is 1. The molecule has 2 aromatic carbocycles. The molecule has 2 heterocycles. The zero-order valence-electron chi connectivity index (χ0n) is 15.8. The van der Waals surface area contributed by atoms with Gasteiger partial charge in [0, 0.05) is 36.1 Å². The Kier molecular flexibility index (Phi) is 6.87. The highest BCUT2D eigenvalue weighted by Gasteiger charge is 2.23. The second-order valence-corrected chi connectivity index (χ2v) is 8.26. The fourth-order valence-electron chi connectivity index (χ4n) is 2.94. The predicted molar refractivity (Wildman–Crippen MR) is 122 cm³/mol. The number of amidine groups is 1. The minimum atomic E-state index is -0.833. The van der Waals surface area contributed by atoms with Crippen molar-refractivity contribution in [3.8, 4) is 0 Å². The fraction of sp³-hybridized carbons (Fsp3) is 0.0952. The highest BCUT2D eigenvalue weighted by molar-refractivity contribution is 8.18. The lowest BCUT2D eigenvalue weighted by atomic mass is 10.1. The van der Waals surface area contributed by atoms with Crippen LogP contribution in [-0.2, 0) is 16.1 Å². The average molecular weight is 462 g/mol. The van der Waals surface area contributed by atoms with E-state index < -0.39 is 5.97 Å². The number of rotatable bonds is 3. The maximum atomic E-state index is 11.9. The highest BCUT2D eigenvalue weighted by Crippen LogP contribution is 2.30. The summed E-state index contributed by atoms with van der Waals surface area (Å²) in [6.45, 7) is 1.72. The number of carbonyl (C=O) groups excluding carboxylic acids is 1. The first-order valence-corrected chi connectivity index (χ1v) is 10.3. The number of benzene rings is 2. The number of para-hydroxylation sites is 1. The summed E-state index contributed by atoms with van der Waals surface area (Å²) < 4.78 is 2.12. The van der Waals surface area contributed by atoms with E-state index >= 15 is 0 Å². The van der Waals surface area contributed by atoms with E-state index in [4.69, 9.17) is 38.5 Å². The number of carboxylic acids is 1. The van der Waals surface area contributed by atoms with E-state index in [0.29, 0.717) is 21.5 Å². The molecule has 0 saturated carbocycles. The van der Waals surface area contributed by atoms with Crippen LogP contribution in [0.15, 0.2) is 53.6 Å². The first-order chi connectivity index (χ1) is 14.2. The van der Waals surface area contributed by atoms with E-state index in [0.717, 1.165) is 40.7 Å². The molecule has 3 aromatic rings. The molecule has 4 rings (SSSR count). The number of carbonyl (C=O) groups is 2. The van der Waals surface area contributed by atoms with Crippen LogP contribution in [0.4, 0.5) is 0 Å². The van der Waals surface area contributed by atoms with E-state index in [1.54, 1.807) is 6.07 Å². The number of hydrogen-bond donors (Lipinski definition) is 3. The van der Waals surface area contributed by atoms with Crippen LogP contribution in [0.3, 0.4) is 0 Å². The Hall–Kier alpha value is -2.74. The van der Waals surface area contributed by atoms with Crippen molar-refractivity contribution in [1.29, 1.82) is 5.41 Å². The summed E-state index contributed by atoms with van der Waals surface area (Å²) in [5.74, 6) is -1.07. The molecular formula is C21H17Cl2N3O3S. The van der Waals surface area contributed by atoms with Crippen LogP contribution in [0.2, 0.25) is 10.0 Å². The van der Waals surface area contributed by atoms with Gasteiger partial charge in [-0.05, 0) is 41.6 Å². The van der Waals surface area contributed by atoms with Gasteiger partial charge in [-0.15, -0.1) is 0 Å². The molecule has 1 saturated heterocycles. The molecule has 0 aliphatic carbocycles. The van der Waals surface area contributed by atoms with E-state index in [9.17, 15) is 4.79 Å². The first kappa shape index (κ1) is 22.0. The van der Waals surface area contributed by atoms with Crippen LogP contribution in [0.25, 0.3) is 17.0 Å². The third-order valence-corrected chi connectivity index (χ3v) is 5.67. The smallest absolute Gasteiger partial charge is 0.300 e. The van der Waals surface area contributed by atoms with Crippen molar-refractivity contribution >= 4 is 69.0 Å². The normalized spacial score (nSPS) is 14.6. The Morgan fingerprint density at radius 1 is 1.23 bits per heavy atom. The maximum Gasteiger partial charge on any atom is 0.300 e. The van der Waals surface area contributed by atoms with Crippen LogP contribution in [0.1, 0.15) is 18.1 Å². The van der Waals surface area contributed by atoms with Crippen molar-refractivity contribution in [3.63, 3.8) is 0 Å². The summed E-state index contributed by atoms with van der Waals surface area (Å²) in [5, 5.41) is 19.8. The van der Waals surface area contributed by atoms with Crippen LogP contribution >= 0.6 is 35.0 Å². The molecule has 0 bridgehead atoms. The van der Waals surface area contributed by atoms with Gasteiger partial charge in [-0.1, -0.05) is 47.5 Å². The first-order valence-electron chi connectivity index (χ1n) is 8.75. The van der Waals surface area contributed by atoms with Crippen molar-refractivity contribution in [2.24, 2.45) is 0 Å². The molecular weight excluding hydrogens is 445 g/mol. The number of thioether (sulfide) groups is 1. The summed E-state index contributed by atoms with van der Waals surface area (Å²) in [6.07, 6.45) is 3.84. The van der Waals surface area contributed by atoms with Gasteiger partial charge >= 0.3 is 0 Å². The third-order valence-electron chi connectivity index (χ3n) is 4.11. The predicted octanol–water partition coefficient (Wildman–Crippen LogP) is 5.23. The van der Waals surface area contributed by atoms with Crippen molar-refractivity contribution in [1.82, 2.24) is 9.88 Å². The summed E-state index contributed by atoms with van der Waals surface area (Å²) in [5.41, 5.74) is 3.03. The molecule has 1 aliphatic heterocycles. The van der Waals surface area contributed by atoms with Gasteiger partial charge in [0.25, 0.3) is 11.9 Å². The minimum absolute atomic E-state index is 0.154. The topological polar surface area (TPSA) is 95.2 Å². The number of nitrogens with one attached hydrogen (secondary N) is 2.